The minimum absolute atomic E-state index is 0.0939. The van der Waals surface area contributed by atoms with Gasteiger partial charge in [0.1, 0.15) is 17.2 Å². The topological polar surface area (TPSA) is 49.6 Å². The lowest BCUT2D eigenvalue weighted by Crippen LogP contribution is -2.43. The van der Waals surface area contributed by atoms with Crippen LogP contribution in [0.3, 0.4) is 0 Å². The highest BCUT2D eigenvalue weighted by Gasteiger charge is 2.38. The molecule has 3 atom stereocenters. The second kappa shape index (κ2) is 4.46. The highest BCUT2D eigenvalue weighted by atomic mass is 35.5. The predicted octanol–water partition coefficient (Wildman–Crippen LogP) is 1.42. The van der Waals surface area contributed by atoms with Gasteiger partial charge in [-0.1, -0.05) is 11.6 Å². The number of hydrogen-bond acceptors (Lipinski definition) is 3. The molecule has 2 aromatic heterocycles. The Morgan fingerprint density at radius 2 is 2.30 bits per heavy atom. The quantitative estimate of drug-likeness (QED) is 0.910. The lowest BCUT2D eigenvalue weighted by atomic mass is 10.00. The standard InChI is InChI=1S/C14H15ClN4O/c15-13-2-1-10-5-11(16-8-19(10)13)14(20)17-12-7-18-4-3-9(12)6-18/h1-2,5,8-9,12H,3-4,6-7H2,(H,17,20)/t9-,12?/m0/s1. The average molecular weight is 291 g/mol. The van der Waals surface area contributed by atoms with E-state index < -0.39 is 0 Å². The van der Waals surface area contributed by atoms with Crippen LogP contribution in [-0.4, -0.2) is 45.9 Å². The van der Waals surface area contributed by atoms with Crippen molar-refractivity contribution in [2.24, 2.45) is 5.92 Å². The summed E-state index contributed by atoms with van der Waals surface area (Å²) < 4.78 is 1.75. The third kappa shape index (κ3) is 1.89. The van der Waals surface area contributed by atoms with Crippen LogP contribution in [0.4, 0.5) is 0 Å². The van der Waals surface area contributed by atoms with Gasteiger partial charge in [0.25, 0.3) is 5.91 Å². The number of nitrogens with one attached hydrogen (secondary N) is 1. The molecule has 2 bridgehead atoms. The first-order chi connectivity index (χ1) is 9.70. The maximum Gasteiger partial charge on any atom is 0.270 e. The molecular formula is C14H15ClN4O. The molecule has 2 aliphatic heterocycles. The maximum absolute atomic E-state index is 12.3. The molecule has 0 saturated carbocycles. The van der Waals surface area contributed by atoms with Crippen molar-refractivity contribution < 1.29 is 4.79 Å². The van der Waals surface area contributed by atoms with E-state index in [9.17, 15) is 4.79 Å². The molecule has 104 valence electrons. The van der Waals surface area contributed by atoms with E-state index in [1.165, 1.54) is 13.0 Å². The molecule has 0 aromatic carbocycles. The van der Waals surface area contributed by atoms with Crippen LogP contribution in [0, 0.1) is 5.92 Å². The fourth-order valence-corrected chi connectivity index (χ4v) is 3.49. The number of fused-ring (bicyclic) bond motifs is 3. The number of amides is 1. The third-order valence-corrected chi connectivity index (χ3v) is 4.69. The number of aromatic nitrogens is 2. The average Bonchev–Trinajstić information content (AvgIpc) is 3.14. The van der Waals surface area contributed by atoms with Gasteiger partial charge in [-0.2, -0.15) is 0 Å². The number of hydrogen-bond donors (Lipinski definition) is 1. The molecule has 2 fully saturated rings. The van der Waals surface area contributed by atoms with Crippen LogP contribution in [0.1, 0.15) is 16.9 Å². The number of carbonyl (C=O) groups is 1. The minimum Gasteiger partial charge on any atom is -0.346 e. The van der Waals surface area contributed by atoms with Gasteiger partial charge in [0.05, 0.1) is 5.52 Å². The Morgan fingerprint density at radius 3 is 3.05 bits per heavy atom. The fraction of sp³-hybridized carbons (Fsp3) is 0.429. The molecule has 1 N–H and O–H groups in total. The Morgan fingerprint density at radius 1 is 1.40 bits per heavy atom. The summed E-state index contributed by atoms with van der Waals surface area (Å²) in [6.07, 6.45) is 2.78. The van der Waals surface area contributed by atoms with Crippen LogP contribution < -0.4 is 5.32 Å². The molecule has 0 aliphatic carbocycles. The monoisotopic (exact) mass is 290 g/mol. The molecule has 5 nitrogen and oxygen atoms in total. The van der Waals surface area contributed by atoms with E-state index in [1.807, 2.05) is 6.07 Å². The van der Waals surface area contributed by atoms with Crippen LogP contribution in [0.25, 0.3) is 5.52 Å². The first kappa shape index (κ1) is 12.2. The van der Waals surface area contributed by atoms with Crippen LogP contribution in [-0.2, 0) is 0 Å². The Labute approximate surface area is 121 Å². The number of rotatable bonds is 2. The summed E-state index contributed by atoms with van der Waals surface area (Å²) in [5, 5.41) is 3.71. The van der Waals surface area contributed by atoms with E-state index >= 15 is 0 Å². The highest BCUT2D eigenvalue weighted by Crippen LogP contribution is 2.27. The summed E-state index contributed by atoms with van der Waals surface area (Å²) in [6, 6.07) is 5.71. The van der Waals surface area contributed by atoms with Gasteiger partial charge in [0, 0.05) is 19.1 Å². The molecule has 1 amide bonds. The van der Waals surface area contributed by atoms with Crippen LogP contribution in [0.2, 0.25) is 5.15 Å². The molecule has 2 aliphatic rings. The van der Waals surface area contributed by atoms with Gasteiger partial charge in [-0.15, -0.1) is 0 Å². The van der Waals surface area contributed by atoms with E-state index in [0.717, 1.165) is 18.6 Å². The van der Waals surface area contributed by atoms with Crippen LogP contribution >= 0.6 is 11.6 Å². The molecule has 6 heteroatoms. The smallest absolute Gasteiger partial charge is 0.270 e. The molecular weight excluding hydrogens is 276 g/mol. The van der Waals surface area contributed by atoms with Crippen molar-refractivity contribution in [3.8, 4) is 0 Å². The Bertz CT molecular complexity index is 683. The van der Waals surface area contributed by atoms with Gasteiger partial charge in [0.2, 0.25) is 0 Å². The first-order valence-electron chi connectivity index (χ1n) is 6.86. The number of piperidine rings is 1. The largest absolute Gasteiger partial charge is 0.346 e. The zero-order chi connectivity index (χ0) is 13.7. The summed E-state index contributed by atoms with van der Waals surface area (Å²) in [5.41, 5.74) is 1.33. The van der Waals surface area contributed by atoms with Crippen molar-refractivity contribution in [3.63, 3.8) is 0 Å². The Balaban J connectivity index is 1.54. The first-order valence-corrected chi connectivity index (χ1v) is 7.24. The van der Waals surface area contributed by atoms with Crippen molar-refractivity contribution >= 4 is 23.0 Å². The number of nitrogens with zero attached hydrogens (tertiary/aromatic N) is 3. The van der Waals surface area contributed by atoms with Crippen molar-refractivity contribution in [1.29, 1.82) is 0 Å². The molecule has 4 rings (SSSR count). The molecule has 20 heavy (non-hydrogen) atoms. The van der Waals surface area contributed by atoms with Gasteiger partial charge in [-0.05, 0) is 37.1 Å². The second-order valence-corrected chi connectivity index (χ2v) is 6.00. The molecule has 2 unspecified atom stereocenters. The summed E-state index contributed by atoms with van der Waals surface area (Å²) in [4.78, 5) is 18.9. The Hall–Kier alpha value is -1.59. The van der Waals surface area contributed by atoms with Gasteiger partial charge >= 0.3 is 0 Å². The van der Waals surface area contributed by atoms with E-state index in [0.29, 0.717) is 16.8 Å². The molecule has 4 heterocycles. The fourth-order valence-electron chi connectivity index (χ4n) is 3.29. The van der Waals surface area contributed by atoms with Gasteiger partial charge in [0.15, 0.2) is 0 Å². The summed E-state index contributed by atoms with van der Waals surface area (Å²) >= 11 is 6.00. The normalized spacial score (nSPS) is 28.1. The molecule has 2 aromatic rings. The lowest BCUT2D eigenvalue weighted by Gasteiger charge is -2.22. The van der Waals surface area contributed by atoms with Gasteiger partial charge in [-0.25, -0.2) is 4.98 Å². The summed E-state index contributed by atoms with van der Waals surface area (Å²) in [6.45, 7) is 3.26. The van der Waals surface area contributed by atoms with E-state index in [1.54, 1.807) is 22.9 Å². The zero-order valence-electron chi connectivity index (χ0n) is 10.9. The van der Waals surface area contributed by atoms with Crippen molar-refractivity contribution in [1.82, 2.24) is 19.6 Å². The zero-order valence-corrected chi connectivity index (χ0v) is 11.7. The Kier molecular flexibility index (Phi) is 2.72. The molecule has 0 radical (unpaired) electrons. The van der Waals surface area contributed by atoms with Crippen LogP contribution in [0.5, 0.6) is 0 Å². The summed E-state index contributed by atoms with van der Waals surface area (Å²) in [7, 11) is 0. The van der Waals surface area contributed by atoms with E-state index in [2.05, 4.69) is 15.2 Å². The second-order valence-electron chi connectivity index (χ2n) is 5.61. The van der Waals surface area contributed by atoms with E-state index in [4.69, 9.17) is 11.6 Å². The highest BCUT2D eigenvalue weighted by molar-refractivity contribution is 6.30. The van der Waals surface area contributed by atoms with Crippen molar-refractivity contribution in [2.75, 3.05) is 19.6 Å². The van der Waals surface area contributed by atoms with Gasteiger partial charge in [-0.3, -0.25) is 9.20 Å². The van der Waals surface area contributed by atoms with Crippen molar-refractivity contribution in [3.05, 3.63) is 35.4 Å². The third-order valence-electron chi connectivity index (χ3n) is 4.38. The van der Waals surface area contributed by atoms with Crippen LogP contribution in [0.15, 0.2) is 24.5 Å². The number of halogens is 1. The maximum atomic E-state index is 12.3. The lowest BCUT2D eigenvalue weighted by molar-refractivity contribution is 0.0919. The van der Waals surface area contributed by atoms with E-state index in [-0.39, 0.29) is 11.9 Å². The predicted molar refractivity (Wildman–Crippen MR) is 76.0 cm³/mol. The summed E-state index contributed by atoms with van der Waals surface area (Å²) in [5.74, 6) is 0.508. The SMILES string of the molecule is O=C(NC1CN2CC[C@H]1C2)c1cc2ccc(Cl)n2cn1. The molecule has 2 saturated heterocycles. The van der Waals surface area contributed by atoms with Gasteiger partial charge < -0.3 is 10.2 Å². The molecule has 0 spiro atoms. The minimum atomic E-state index is -0.0939. The number of carbonyl (C=O) groups excluding carboxylic acids is 1. The van der Waals surface area contributed by atoms with Crippen molar-refractivity contribution in [2.45, 2.75) is 12.5 Å².